The Morgan fingerprint density at radius 2 is 1.93 bits per heavy atom. The van der Waals surface area contributed by atoms with Crippen molar-refractivity contribution < 1.29 is 0 Å². The van der Waals surface area contributed by atoms with Crippen molar-refractivity contribution in [2.75, 3.05) is 13.1 Å². The minimum absolute atomic E-state index is 0.0598. The van der Waals surface area contributed by atoms with Crippen LogP contribution in [0.1, 0.15) is 23.6 Å². The molecule has 4 nitrogen and oxygen atoms in total. The van der Waals surface area contributed by atoms with E-state index in [1.165, 1.54) is 11.1 Å². The molecule has 2 N–H and O–H groups in total. The monoisotopic (exact) mass is 379 g/mol. The molecule has 0 unspecified atom stereocenters. The first kappa shape index (κ1) is 19.1. The van der Waals surface area contributed by atoms with Gasteiger partial charge < -0.3 is 15.2 Å². The molecule has 140 valence electrons. The van der Waals surface area contributed by atoms with Gasteiger partial charge in [-0.2, -0.15) is 0 Å². The van der Waals surface area contributed by atoms with E-state index in [4.69, 9.17) is 12.2 Å². The molecule has 0 atom stereocenters. The van der Waals surface area contributed by atoms with Crippen molar-refractivity contribution in [3.63, 3.8) is 0 Å². The van der Waals surface area contributed by atoms with Crippen LogP contribution in [0.2, 0.25) is 0 Å². The van der Waals surface area contributed by atoms with Gasteiger partial charge in [0.25, 0.3) is 5.56 Å². The lowest BCUT2D eigenvalue weighted by Crippen LogP contribution is -2.41. The normalized spacial score (nSPS) is 10.7. The molecule has 1 heterocycles. The first-order valence-electron chi connectivity index (χ1n) is 9.26. The number of pyridine rings is 1. The van der Waals surface area contributed by atoms with E-state index < -0.39 is 0 Å². The van der Waals surface area contributed by atoms with Gasteiger partial charge in [0.1, 0.15) is 0 Å². The maximum atomic E-state index is 12.6. The second kappa shape index (κ2) is 8.82. The van der Waals surface area contributed by atoms with Crippen molar-refractivity contribution in [1.29, 1.82) is 0 Å². The molecule has 3 rings (SSSR count). The van der Waals surface area contributed by atoms with Crippen LogP contribution in [0, 0.1) is 6.92 Å². The summed E-state index contributed by atoms with van der Waals surface area (Å²) < 4.78 is 0. The van der Waals surface area contributed by atoms with E-state index in [9.17, 15) is 4.79 Å². The highest BCUT2D eigenvalue weighted by atomic mass is 32.1. The van der Waals surface area contributed by atoms with Gasteiger partial charge in [-0.05, 0) is 61.6 Å². The number of hydrogen-bond donors (Lipinski definition) is 2. The smallest absolute Gasteiger partial charge is 0.253 e. The maximum absolute atomic E-state index is 12.6. The summed E-state index contributed by atoms with van der Waals surface area (Å²) in [5.74, 6) is 0. The molecule has 0 spiro atoms. The van der Waals surface area contributed by atoms with Crippen LogP contribution < -0.4 is 10.9 Å². The molecular weight excluding hydrogens is 354 g/mol. The summed E-state index contributed by atoms with van der Waals surface area (Å²) in [6.45, 7) is 6.07. The van der Waals surface area contributed by atoms with Gasteiger partial charge in [-0.1, -0.05) is 42.0 Å². The summed E-state index contributed by atoms with van der Waals surface area (Å²) in [7, 11) is 0. The second-order valence-corrected chi connectivity index (χ2v) is 7.09. The highest BCUT2D eigenvalue weighted by Crippen LogP contribution is 2.14. The zero-order chi connectivity index (χ0) is 19.2. The number of nitrogens with zero attached hydrogens (tertiary/aromatic N) is 1. The highest BCUT2D eigenvalue weighted by Gasteiger charge is 2.13. The summed E-state index contributed by atoms with van der Waals surface area (Å²) in [5, 5.41) is 4.93. The van der Waals surface area contributed by atoms with Gasteiger partial charge in [0.15, 0.2) is 5.11 Å². The summed E-state index contributed by atoms with van der Waals surface area (Å²) in [6.07, 6.45) is 0.872. The Morgan fingerprint density at radius 1 is 1.15 bits per heavy atom. The molecular formula is C22H25N3OS. The third kappa shape index (κ3) is 4.95. The number of aromatic amines is 1. The minimum atomic E-state index is -0.0598. The number of fused-ring (bicyclic) bond motifs is 1. The lowest BCUT2D eigenvalue weighted by atomic mass is 10.1. The topological polar surface area (TPSA) is 48.1 Å². The van der Waals surface area contributed by atoms with E-state index >= 15 is 0 Å². The Morgan fingerprint density at radius 3 is 2.67 bits per heavy atom. The van der Waals surface area contributed by atoms with E-state index in [1.807, 2.05) is 43.3 Å². The molecule has 0 saturated heterocycles. The van der Waals surface area contributed by atoms with E-state index in [2.05, 4.69) is 40.3 Å². The largest absolute Gasteiger partial charge is 0.363 e. The van der Waals surface area contributed by atoms with Gasteiger partial charge in [-0.25, -0.2) is 0 Å². The van der Waals surface area contributed by atoms with Crippen LogP contribution in [0.3, 0.4) is 0 Å². The fraction of sp³-hybridized carbons (Fsp3) is 0.273. The zero-order valence-corrected chi connectivity index (χ0v) is 16.6. The van der Waals surface area contributed by atoms with E-state index in [0.29, 0.717) is 11.7 Å². The Balaban J connectivity index is 1.84. The van der Waals surface area contributed by atoms with Gasteiger partial charge in [0.2, 0.25) is 0 Å². The summed E-state index contributed by atoms with van der Waals surface area (Å²) >= 11 is 5.55. The van der Waals surface area contributed by atoms with Crippen LogP contribution in [0.4, 0.5) is 0 Å². The minimum Gasteiger partial charge on any atom is -0.363 e. The van der Waals surface area contributed by atoms with Gasteiger partial charge >= 0.3 is 0 Å². The molecule has 0 aliphatic heterocycles. The SMILES string of the molecule is CCNC(=S)N(CCc1ccccc1)Cc1cc2cc(C)ccc2[nH]c1=O. The Labute approximate surface area is 165 Å². The van der Waals surface area contributed by atoms with E-state index in [0.717, 1.165) is 36.0 Å². The molecule has 0 aliphatic carbocycles. The number of rotatable bonds is 6. The number of H-pyrrole nitrogens is 1. The standard InChI is InChI=1S/C22H25N3OS/c1-3-23-22(27)25(12-11-17-7-5-4-6-8-17)15-19-14-18-13-16(2)9-10-20(18)24-21(19)26/h4-10,13-14H,3,11-12,15H2,1-2H3,(H,23,27)(H,24,26). The fourth-order valence-corrected chi connectivity index (χ4v) is 3.42. The highest BCUT2D eigenvalue weighted by molar-refractivity contribution is 7.80. The predicted octanol–water partition coefficient (Wildman–Crippen LogP) is 3.78. The molecule has 0 radical (unpaired) electrons. The van der Waals surface area contributed by atoms with Crippen LogP contribution in [0.25, 0.3) is 10.9 Å². The van der Waals surface area contributed by atoms with Crippen LogP contribution in [-0.2, 0) is 13.0 Å². The van der Waals surface area contributed by atoms with Crippen molar-refractivity contribution in [2.24, 2.45) is 0 Å². The number of aromatic nitrogens is 1. The molecule has 2 aromatic carbocycles. The third-order valence-electron chi connectivity index (χ3n) is 4.57. The maximum Gasteiger partial charge on any atom is 0.253 e. The number of hydrogen-bond acceptors (Lipinski definition) is 2. The van der Waals surface area contributed by atoms with Crippen LogP contribution >= 0.6 is 12.2 Å². The molecule has 27 heavy (non-hydrogen) atoms. The summed E-state index contributed by atoms with van der Waals surface area (Å²) in [4.78, 5) is 17.6. The van der Waals surface area contributed by atoms with Gasteiger partial charge in [-0.3, -0.25) is 4.79 Å². The molecule has 0 bridgehead atoms. The van der Waals surface area contributed by atoms with Gasteiger partial charge in [0.05, 0.1) is 6.54 Å². The first-order chi connectivity index (χ1) is 13.1. The molecule has 1 aromatic heterocycles. The van der Waals surface area contributed by atoms with Crippen molar-refractivity contribution in [2.45, 2.75) is 26.8 Å². The Hall–Kier alpha value is -2.66. The molecule has 3 aromatic rings. The number of nitrogens with one attached hydrogen (secondary N) is 2. The number of aryl methyl sites for hydroxylation is 1. The van der Waals surface area contributed by atoms with E-state index in [-0.39, 0.29) is 5.56 Å². The lowest BCUT2D eigenvalue weighted by molar-refractivity contribution is 0.409. The first-order valence-corrected chi connectivity index (χ1v) is 9.67. The average molecular weight is 380 g/mol. The molecule has 0 fully saturated rings. The van der Waals surface area contributed by atoms with Crippen LogP contribution in [-0.4, -0.2) is 28.1 Å². The zero-order valence-electron chi connectivity index (χ0n) is 15.8. The predicted molar refractivity (Wildman–Crippen MR) is 116 cm³/mol. The average Bonchev–Trinajstić information content (AvgIpc) is 2.66. The molecule has 0 saturated carbocycles. The lowest BCUT2D eigenvalue weighted by Gasteiger charge is -2.25. The van der Waals surface area contributed by atoms with Gasteiger partial charge in [0, 0.05) is 24.2 Å². The van der Waals surface area contributed by atoms with Crippen molar-refractivity contribution >= 4 is 28.2 Å². The third-order valence-corrected chi connectivity index (χ3v) is 4.97. The number of thiocarbonyl (C=S) groups is 1. The summed E-state index contributed by atoms with van der Waals surface area (Å²) in [5.41, 5.74) is 3.95. The quantitative estimate of drug-likeness (QED) is 0.640. The molecule has 0 aliphatic rings. The van der Waals surface area contributed by atoms with Crippen molar-refractivity contribution in [3.8, 4) is 0 Å². The van der Waals surface area contributed by atoms with Crippen LogP contribution in [0.15, 0.2) is 59.4 Å². The Kier molecular flexibility index (Phi) is 6.24. The van der Waals surface area contributed by atoms with Crippen molar-refractivity contribution in [1.82, 2.24) is 15.2 Å². The summed E-state index contributed by atoms with van der Waals surface area (Å²) in [6, 6.07) is 18.3. The molecule has 5 heteroatoms. The number of benzene rings is 2. The van der Waals surface area contributed by atoms with Gasteiger partial charge in [-0.15, -0.1) is 0 Å². The fourth-order valence-electron chi connectivity index (χ4n) is 3.12. The van der Waals surface area contributed by atoms with Crippen LogP contribution in [0.5, 0.6) is 0 Å². The second-order valence-electron chi connectivity index (χ2n) is 6.71. The van der Waals surface area contributed by atoms with E-state index in [1.54, 1.807) is 0 Å². The molecule has 0 amide bonds. The Bertz CT molecular complexity index is 982. The van der Waals surface area contributed by atoms with Crippen molar-refractivity contribution in [3.05, 3.63) is 81.6 Å².